The lowest BCUT2D eigenvalue weighted by Crippen LogP contribution is -2.46. The largest absolute Gasteiger partial charge is 0.339 e. The molecule has 0 aromatic heterocycles. The molecule has 1 aliphatic heterocycles. The highest BCUT2D eigenvalue weighted by Crippen LogP contribution is 2.22. The lowest BCUT2D eigenvalue weighted by atomic mass is 9.96. The molecule has 1 saturated heterocycles. The number of amides is 1. The van der Waals surface area contributed by atoms with E-state index >= 15 is 0 Å². The Morgan fingerprint density at radius 2 is 2.25 bits per heavy atom. The summed E-state index contributed by atoms with van der Waals surface area (Å²) >= 11 is 0. The Morgan fingerprint density at radius 3 is 2.88 bits per heavy atom. The van der Waals surface area contributed by atoms with Crippen molar-refractivity contribution in [3.05, 3.63) is 0 Å². The third-order valence-corrected chi connectivity index (χ3v) is 3.67. The van der Waals surface area contributed by atoms with Crippen LogP contribution in [0.25, 0.3) is 0 Å². The third kappa shape index (κ3) is 3.48. The van der Waals surface area contributed by atoms with Crippen molar-refractivity contribution >= 4 is 5.91 Å². The molecule has 16 heavy (non-hydrogen) atoms. The Hall–Kier alpha value is -0.570. The molecule has 1 rings (SSSR count). The fraction of sp³-hybridized carbons (Fsp3) is 0.923. The van der Waals surface area contributed by atoms with Crippen LogP contribution in [0, 0.1) is 5.92 Å². The van der Waals surface area contributed by atoms with Gasteiger partial charge in [0.15, 0.2) is 0 Å². The first-order valence-corrected chi connectivity index (χ1v) is 6.65. The zero-order valence-electron chi connectivity index (χ0n) is 11.0. The molecular weight excluding hydrogens is 200 g/mol. The predicted molar refractivity (Wildman–Crippen MR) is 67.4 cm³/mol. The number of rotatable bonds is 5. The standard InChI is InChI=1S/C13H26N2O/c1-4-11(2)13(16)15-10-6-5-7-12(15)8-9-14-3/h11-12,14H,4-10H2,1-3H3. The lowest BCUT2D eigenvalue weighted by Gasteiger charge is -2.37. The smallest absolute Gasteiger partial charge is 0.225 e. The summed E-state index contributed by atoms with van der Waals surface area (Å²) in [7, 11) is 1.98. The van der Waals surface area contributed by atoms with Crippen molar-refractivity contribution in [3.63, 3.8) is 0 Å². The van der Waals surface area contributed by atoms with Gasteiger partial charge in [-0.3, -0.25) is 4.79 Å². The van der Waals surface area contributed by atoms with Gasteiger partial charge >= 0.3 is 0 Å². The summed E-state index contributed by atoms with van der Waals surface area (Å²) < 4.78 is 0. The van der Waals surface area contributed by atoms with E-state index in [0.717, 1.165) is 25.9 Å². The van der Waals surface area contributed by atoms with Gasteiger partial charge in [0, 0.05) is 18.5 Å². The molecule has 1 amide bonds. The highest BCUT2D eigenvalue weighted by molar-refractivity contribution is 5.78. The van der Waals surface area contributed by atoms with E-state index < -0.39 is 0 Å². The molecule has 0 bridgehead atoms. The minimum Gasteiger partial charge on any atom is -0.339 e. The van der Waals surface area contributed by atoms with Gasteiger partial charge in [-0.1, -0.05) is 13.8 Å². The second-order valence-electron chi connectivity index (χ2n) is 4.88. The highest BCUT2D eigenvalue weighted by Gasteiger charge is 2.28. The Kier molecular flexibility index (Phi) is 5.81. The van der Waals surface area contributed by atoms with Gasteiger partial charge in [-0.2, -0.15) is 0 Å². The average molecular weight is 226 g/mol. The van der Waals surface area contributed by atoms with Gasteiger partial charge in [0.25, 0.3) is 0 Å². The maximum Gasteiger partial charge on any atom is 0.225 e. The molecule has 1 aliphatic rings. The van der Waals surface area contributed by atoms with Gasteiger partial charge in [0.2, 0.25) is 5.91 Å². The molecule has 0 saturated carbocycles. The number of nitrogens with zero attached hydrogens (tertiary/aromatic N) is 1. The van der Waals surface area contributed by atoms with Gasteiger partial charge in [-0.05, 0) is 45.7 Å². The predicted octanol–water partition coefficient (Wildman–Crippen LogP) is 2.02. The molecule has 94 valence electrons. The Morgan fingerprint density at radius 1 is 1.50 bits per heavy atom. The monoisotopic (exact) mass is 226 g/mol. The average Bonchev–Trinajstić information content (AvgIpc) is 2.34. The van der Waals surface area contributed by atoms with Crippen LogP contribution in [0.4, 0.5) is 0 Å². The summed E-state index contributed by atoms with van der Waals surface area (Å²) in [6.07, 6.45) is 5.69. The number of nitrogens with one attached hydrogen (secondary N) is 1. The minimum absolute atomic E-state index is 0.190. The maximum atomic E-state index is 12.2. The van der Waals surface area contributed by atoms with E-state index in [1.165, 1.54) is 19.3 Å². The summed E-state index contributed by atoms with van der Waals surface area (Å²) in [6, 6.07) is 0.475. The quantitative estimate of drug-likeness (QED) is 0.778. The Labute approximate surface area is 99.6 Å². The van der Waals surface area contributed by atoms with E-state index in [-0.39, 0.29) is 5.92 Å². The molecule has 0 aromatic rings. The summed E-state index contributed by atoms with van der Waals surface area (Å²) in [4.78, 5) is 14.3. The number of hydrogen-bond donors (Lipinski definition) is 1. The third-order valence-electron chi connectivity index (χ3n) is 3.67. The van der Waals surface area contributed by atoms with E-state index in [1.807, 2.05) is 14.0 Å². The summed E-state index contributed by atoms with van der Waals surface area (Å²) in [5, 5.41) is 3.18. The SMILES string of the molecule is CCC(C)C(=O)N1CCCCC1CCNC. The van der Waals surface area contributed by atoms with E-state index in [4.69, 9.17) is 0 Å². The summed E-state index contributed by atoms with van der Waals surface area (Å²) in [6.45, 7) is 6.12. The van der Waals surface area contributed by atoms with Crippen LogP contribution in [0.2, 0.25) is 0 Å². The molecule has 3 heteroatoms. The fourth-order valence-electron chi connectivity index (χ4n) is 2.36. The number of piperidine rings is 1. The minimum atomic E-state index is 0.190. The Bertz CT molecular complexity index is 218. The van der Waals surface area contributed by atoms with E-state index in [1.54, 1.807) is 0 Å². The van der Waals surface area contributed by atoms with Crippen LogP contribution in [-0.4, -0.2) is 37.0 Å². The number of carbonyl (C=O) groups excluding carboxylic acids is 1. The van der Waals surface area contributed by atoms with Crippen LogP contribution in [0.5, 0.6) is 0 Å². The molecule has 3 nitrogen and oxygen atoms in total. The molecule has 1 N–H and O–H groups in total. The zero-order valence-corrected chi connectivity index (χ0v) is 11.0. The van der Waals surface area contributed by atoms with Crippen molar-refractivity contribution in [2.75, 3.05) is 20.1 Å². The van der Waals surface area contributed by atoms with Gasteiger partial charge in [-0.25, -0.2) is 0 Å². The number of hydrogen-bond acceptors (Lipinski definition) is 2. The van der Waals surface area contributed by atoms with Gasteiger partial charge < -0.3 is 10.2 Å². The molecule has 2 unspecified atom stereocenters. The summed E-state index contributed by atoms with van der Waals surface area (Å²) in [5.41, 5.74) is 0. The van der Waals surface area contributed by atoms with Gasteiger partial charge in [0.1, 0.15) is 0 Å². The molecule has 1 fully saturated rings. The molecule has 0 radical (unpaired) electrons. The van der Waals surface area contributed by atoms with E-state index in [9.17, 15) is 4.79 Å². The van der Waals surface area contributed by atoms with Crippen LogP contribution < -0.4 is 5.32 Å². The topological polar surface area (TPSA) is 32.3 Å². The highest BCUT2D eigenvalue weighted by atomic mass is 16.2. The van der Waals surface area contributed by atoms with E-state index in [0.29, 0.717) is 11.9 Å². The second kappa shape index (κ2) is 6.89. The molecule has 0 aromatic carbocycles. The molecule has 2 atom stereocenters. The van der Waals surface area contributed by atoms with E-state index in [2.05, 4.69) is 17.1 Å². The molecule has 0 aliphatic carbocycles. The normalized spacial score (nSPS) is 23.2. The van der Waals surface area contributed by atoms with Crippen molar-refractivity contribution < 1.29 is 4.79 Å². The number of carbonyl (C=O) groups is 1. The zero-order chi connectivity index (χ0) is 12.0. The number of likely N-dealkylation sites (tertiary alicyclic amines) is 1. The summed E-state index contributed by atoms with van der Waals surface area (Å²) in [5.74, 6) is 0.554. The van der Waals surface area contributed by atoms with Gasteiger partial charge in [0.05, 0.1) is 0 Å². The van der Waals surface area contributed by atoms with Crippen molar-refractivity contribution in [2.24, 2.45) is 5.92 Å². The molecule has 0 spiro atoms. The maximum absolute atomic E-state index is 12.2. The second-order valence-corrected chi connectivity index (χ2v) is 4.88. The van der Waals surface area contributed by atoms with Gasteiger partial charge in [-0.15, -0.1) is 0 Å². The molecule has 1 heterocycles. The van der Waals surface area contributed by atoms with Crippen molar-refractivity contribution in [2.45, 2.75) is 52.0 Å². The van der Waals surface area contributed by atoms with Crippen LogP contribution in [-0.2, 0) is 4.79 Å². The first-order chi connectivity index (χ1) is 7.70. The van der Waals surface area contributed by atoms with Crippen LogP contribution in [0.3, 0.4) is 0 Å². The Balaban J connectivity index is 2.55. The van der Waals surface area contributed by atoms with Crippen molar-refractivity contribution in [1.29, 1.82) is 0 Å². The molecular formula is C13H26N2O. The lowest BCUT2D eigenvalue weighted by molar-refractivity contribution is -0.139. The van der Waals surface area contributed by atoms with Crippen LogP contribution in [0.1, 0.15) is 46.0 Å². The first-order valence-electron chi connectivity index (χ1n) is 6.65. The van der Waals surface area contributed by atoms with Crippen molar-refractivity contribution in [1.82, 2.24) is 10.2 Å². The fourth-order valence-corrected chi connectivity index (χ4v) is 2.36. The first kappa shape index (κ1) is 13.5. The van der Waals surface area contributed by atoms with Crippen LogP contribution >= 0.6 is 0 Å². The van der Waals surface area contributed by atoms with Crippen LogP contribution in [0.15, 0.2) is 0 Å². The van der Waals surface area contributed by atoms with Crippen molar-refractivity contribution in [3.8, 4) is 0 Å².